The number of Topliss-reactive ketones (excluding diaryl/α,β-unsaturated/α-hetero) is 1. The van der Waals surface area contributed by atoms with Crippen LogP contribution in [0.3, 0.4) is 0 Å². The maximum absolute atomic E-state index is 11.6. The number of carbonyl (C=O) groups excluding carboxylic acids is 1. The molecule has 0 saturated heterocycles. The van der Waals surface area contributed by atoms with Crippen LogP contribution in [0.15, 0.2) is 36.4 Å². The Morgan fingerprint density at radius 2 is 1.41 bits per heavy atom. The van der Waals surface area contributed by atoms with E-state index in [2.05, 4.69) is 52.0 Å². The molecule has 0 atom stereocenters. The van der Waals surface area contributed by atoms with Gasteiger partial charge in [0.1, 0.15) is 0 Å². The van der Waals surface area contributed by atoms with Crippen LogP contribution in [0.5, 0.6) is 0 Å². The summed E-state index contributed by atoms with van der Waals surface area (Å²) in [6.45, 7) is 12.6. The molecule has 1 nitrogen and oxygen atoms in total. The van der Waals surface area contributed by atoms with Crippen LogP contribution in [0.25, 0.3) is 0 Å². The minimum absolute atomic E-state index is 0.129. The molecule has 0 aliphatic rings. The molecule has 0 amide bonds. The average Bonchev–Trinajstić information content (AvgIpc) is 2.36. The molecule has 0 N–H and O–H groups in total. The maximum atomic E-state index is 11.6. The quantitative estimate of drug-likeness (QED) is 0.693. The lowest BCUT2D eigenvalue weighted by atomic mass is 9.84. The Kier molecular flexibility index (Phi) is 4.55. The lowest BCUT2D eigenvalue weighted by molar-refractivity contribution is 0.101. The number of benzene rings is 2. The summed E-state index contributed by atoms with van der Waals surface area (Å²) >= 11 is 0. The van der Waals surface area contributed by atoms with Crippen LogP contribution >= 0.6 is 0 Å². The van der Waals surface area contributed by atoms with E-state index in [-0.39, 0.29) is 11.2 Å². The van der Waals surface area contributed by atoms with Crippen LogP contribution in [0.1, 0.15) is 65.9 Å². The molecule has 22 heavy (non-hydrogen) atoms. The zero-order valence-corrected chi connectivity index (χ0v) is 14.6. The van der Waals surface area contributed by atoms with Crippen LogP contribution in [0.4, 0.5) is 0 Å². The highest BCUT2D eigenvalue weighted by Gasteiger charge is 2.15. The number of ketones is 1. The Labute approximate surface area is 134 Å². The Morgan fingerprint density at radius 1 is 0.864 bits per heavy atom. The van der Waals surface area contributed by atoms with Gasteiger partial charge in [-0.1, -0.05) is 56.2 Å². The molecule has 0 saturated carbocycles. The molecule has 2 rings (SSSR count). The number of rotatable bonds is 3. The monoisotopic (exact) mass is 294 g/mol. The second kappa shape index (κ2) is 6.08. The van der Waals surface area contributed by atoms with Crippen molar-refractivity contribution in [3.63, 3.8) is 0 Å². The van der Waals surface area contributed by atoms with E-state index in [1.807, 2.05) is 19.1 Å². The first-order valence-corrected chi connectivity index (χ1v) is 7.88. The minimum Gasteiger partial charge on any atom is -0.295 e. The molecule has 2 aromatic carbocycles. The van der Waals surface area contributed by atoms with Gasteiger partial charge in [-0.3, -0.25) is 4.79 Å². The Hall–Kier alpha value is -1.89. The molecule has 1 heteroatoms. The van der Waals surface area contributed by atoms with Gasteiger partial charge in [0.05, 0.1) is 0 Å². The standard InChI is InChI=1S/C21H26O/c1-14-7-17(12-19(9-14)16(3)22)11-18-8-15(2)10-20(13-18)21(4,5)6/h7-10,12-13H,11H2,1-6H3. The number of hydrogen-bond acceptors (Lipinski definition) is 1. The summed E-state index contributed by atoms with van der Waals surface area (Å²) in [6, 6.07) is 13.0. The molecule has 0 heterocycles. The van der Waals surface area contributed by atoms with E-state index < -0.39 is 0 Å². The van der Waals surface area contributed by atoms with Crippen molar-refractivity contribution in [2.75, 3.05) is 0 Å². The second-order valence-corrected chi connectivity index (χ2v) is 7.40. The summed E-state index contributed by atoms with van der Waals surface area (Å²) in [4.78, 5) is 11.6. The summed E-state index contributed by atoms with van der Waals surface area (Å²) in [6.07, 6.45) is 0.868. The summed E-state index contributed by atoms with van der Waals surface area (Å²) in [5, 5.41) is 0. The van der Waals surface area contributed by atoms with E-state index >= 15 is 0 Å². The van der Waals surface area contributed by atoms with Gasteiger partial charge in [0.2, 0.25) is 0 Å². The summed E-state index contributed by atoms with van der Waals surface area (Å²) < 4.78 is 0. The second-order valence-electron chi connectivity index (χ2n) is 7.40. The Morgan fingerprint density at radius 3 is 1.95 bits per heavy atom. The van der Waals surface area contributed by atoms with Gasteiger partial charge in [-0.05, 0) is 61.4 Å². The molecule has 0 aliphatic heterocycles. The van der Waals surface area contributed by atoms with E-state index in [4.69, 9.17) is 0 Å². The fourth-order valence-corrected chi connectivity index (χ4v) is 2.80. The van der Waals surface area contributed by atoms with Crippen molar-refractivity contribution in [1.82, 2.24) is 0 Å². The molecule has 0 bridgehead atoms. The molecule has 0 aliphatic carbocycles. The van der Waals surface area contributed by atoms with Gasteiger partial charge < -0.3 is 0 Å². The van der Waals surface area contributed by atoms with Gasteiger partial charge in [0.15, 0.2) is 5.78 Å². The van der Waals surface area contributed by atoms with Crippen molar-refractivity contribution < 1.29 is 4.79 Å². The molecular formula is C21H26O. The number of carbonyl (C=O) groups is 1. The SMILES string of the molecule is CC(=O)c1cc(C)cc(Cc2cc(C)cc(C(C)(C)C)c2)c1. The van der Waals surface area contributed by atoms with E-state index in [1.165, 1.54) is 22.3 Å². The smallest absolute Gasteiger partial charge is 0.159 e. The van der Waals surface area contributed by atoms with Gasteiger partial charge in [0.25, 0.3) is 0 Å². The highest BCUT2D eigenvalue weighted by molar-refractivity contribution is 5.94. The van der Waals surface area contributed by atoms with Crippen molar-refractivity contribution in [2.24, 2.45) is 0 Å². The molecule has 0 aromatic heterocycles. The first-order valence-electron chi connectivity index (χ1n) is 7.88. The first kappa shape index (κ1) is 16.5. The van der Waals surface area contributed by atoms with Crippen molar-refractivity contribution in [3.05, 3.63) is 69.8 Å². The number of aryl methyl sites for hydroxylation is 2. The molecule has 116 valence electrons. The van der Waals surface area contributed by atoms with Gasteiger partial charge in [-0.25, -0.2) is 0 Å². The van der Waals surface area contributed by atoms with Gasteiger partial charge in [0, 0.05) is 5.56 Å². The van der Waals surface area contributed by atoms with E-state index in [0.717, 1.165) is 17.5 Å². The van der Waals surface area contributed by atoms with Gasteiger partial charge in [-0.15, -0.1) is 0 Å². The van der Waals surface area contributed by atoms with Crippen molar-refractivity contribution in [1.29, 1.82) is 0 Å². The van der Waals surface area contributed by atoms with Crippen LogP contribution in [-0.4, -0.2) is 5.78 Å². The molecule has 0 unspecified atom stereocenters. The normalized spacial score (nSPS) is 11.5. The third-order valence-electron chi connectivity index (χ3n) is 3.96. The predicted molar refractivity (Wildman–Crippen MR) is 93.9 cm³/mol. The topological polar surface area (TPSA) is 17.1 Å². The third kappa shape index (κ3) is 4.07. The van der Waals surface area contributed by atoms with Gasteiger partial charge in [-0.2, -0.15) is 0 Å². The lowest BCUT2D eigenvalue weighted by Crippen LogP contribution is -2.12. The average molecular weight is 294 g/mol. The zero-order valence-electron chi connectivity index (χ0n) is 14.6. The van der Waals surface area contributed by atoms with E-state index in [9.17, 15) is 4.79 Å². The van der Waals surface area contributed by atoms with Crippen LogP contribution < -0.4 is 0 Å². The predicted octanol–water partition coefficient (Wildman–Crippen LogP) is 5.39. The van der Waals surface area contributed by atoms with E-state index in [1.54, 1.807) is 6.92 Å². The van der Waals surface area contributed by atoms with Crippen molar-refractivity contribution in [3.8, 4) is 0 Å². The van der Waals surface area contributed by atoms with E-state index in [0.29, 0.717) is 0 Å². The number of hydrogen-bond donors (Lipinski definition) is 0. The molecule has 0 spiro atoms. The van der Waals surface area contributed by atoms with Crippen LogP contribution in [0.2, 0.25) is 0 Å². The van der Waals surface area contributed by atoms with Crippen LogP contribution in [0, 0.1) is 13.8 Å². The van der Waals surface area contributed by atoms with Crippen molar-refractivity contribution in [2.45, 2.75) is 53.4 Å². The zero-order chi connectivity index (χ0) is 16.5. The summed E-state index contributed by atoms with van der Waals surface area (Å²) in [7, 11) is 0. The molecule has 0 fully saturated rings. The lowest BCUT2D eigenvalue weighted by Gasteiger charge is -2.21. The summed E-state index contributed by atoms with van der Waals surface area (Å²) in [5.74, 6) is 0.129. The molecule has 0 radical (unpaired) electrons. The van der Waals surface area contributed by atoms with Crippen molar-refractivity contribution >= 4 is 5.78 Å². The largest absolute Gasteiger partial charge is 0.295 e. The van der Waals surface area contributed by atoms with Crippen LogP contribution in [-0.2, 0) is 11.8 Å². The minimum atomic E-state index is 0.129. The first-order chi connectivity index (χ1) is 10.1. The summed E-state index contributed by atoms with van der Waals surface area (Å²) in [5.41, 5.74) is 7.27. The Balaban J connectivity index is 2.39. The Bertz CT molecular complexity index is 702. The molecule has 2 aromatic rings. The fourth-order valence-electron chi connectivity index (χ4n) is 2.80. The highest BCUT2D eigenvalue weighted by atomic mass is 16.1. The highest BCUT2D eigenvalue weighted by Crippen LogP contribution is 2.26. The molecular weight excluding hydrogens is 268 g/mol. The maximum Gasteiger partial charge on any atom is 0.159 e. The van der Waals surface area contributed by atoms with Gasteiger partial charge >= 0.3 is 0 Å². The third-order valence-corrected chi connectivity index (χ3v) is 3.96. The fraction of sp³-hybridized carbons (Fsp3) is 0.381.